The number of nitrogens with zero attached hydrogens (tertiary/aromatic N) is 1. The smallest absolute Gasteiger partial charge is 0.203 e. The largest absolute Gasteiger partial charge is 0.508 e. The lowest BCUT2D eigenvalue weighted by atomic mass is 9.47. The predicted octanol–water partition coefficient (Wildman–Crippen LogP) is 3.49. The number of allylic oxidation sites excluding steroid dienone is 1. The van der Waals surface area contributed by atoms with Crippen LogP contribution in [-0.4, -0.2) is 74.7 Å². The van der Waals surface area contributed by atoms with Crippen LogP contribution in [0.2, 0.25) is 0 Å². The Balaban J connectivity index is 1.93. The first kappa shape index (κ1) is 29.7. The molecule has 3 atom stereocenters. The lowest BCUT2D eigenvalue weighted by Crippen LogP contribution is -2.65. The summed E-state index contributed by atoms with van der Waals surface area (Å²) in [4.78, 5) is 53.4. The fourth-order valence-corrected chi connectivity index (χ4v) is 7.22. The van der Waals surface area contributed by atoms with Crippen molar-refractivity contribution < 1.29 is 39.6 Å². The first-order valence-electron chi connectivity index (χ1n) is 13.6. The van der Waals surface area contributed by atoms with Crippen molar-refractivity contribution >= 4 is 28.9 Å². The molecule has 1 aromatic carbocycles. The van der Waals surface area contributed by atoms with Crippen LogP contribution >= 0.6 is 0 Å². The lowest BCUT2D eigenvalue weighted by Gasteiger charge is -2.56. The third-order valence-corrected chi connectivity index (χ3v) is 8.92. The van der Waals surface area contributed by atoms with E-state index in [0.29, 0.717) is 11.1 Å². The Kier molecular flexibility index (Phi) is 7.17. The molecule has 3 aliphatic carbocycles. The SMILES string of the molecule is CC(=O)C1=C(O)[C@@]2(O)C(=O)C3=C(O)c4c(O)c(CCC(=O)CN(C)C)cc(C(C)C)c4C[C@@]3(C)C[C@@]2(C)CC1=O. The third kappa shape index (κ3) is 4.21. The topological polar surface area (TPSA) is 152 Å². The minimum atomic E-state index is -2.60. The van der Waals surface area contributed by atoms with Crippen LogP contribution in [0, 0.1) is 10.8 Å². The number of aromatic hydroxyl groups is 1. The Hall–Kier alpha value is -3.30. The van der Waals surface area contributed by atoms with Gasteiger partial charge in [-0.25, -0.2) is 0 Å². The summed E-state index contributed by atoms with van der Waals surface area (Å²) in [5, 5.41) is 45.9. The Morgan fingerprint density at radius 1 is 1.07 bits per heavy atom. The molecule has 1 aromatic rings. The van der Waals surface area contributed by atoms with Crippen molar-refractivity contribution in [3.63, 3.8) is 0 Å². The molecule has 0 saturated heterocycles. The molecule has 0 unspecified atom stereocenters. The second-order valence-corrected chi connectivity index (χ2v) is 12.9. The number of fused-ring (bicyclic) bond motifs is 3. The Bertz CT molecular complexity index is 1420. The highest BCUT2D eigenvalue weighted by Crippen LogP contribution is 2.63. The van der Waals surface area contributed by atoms with E-state index < -0.39 is 50.9 Å². The molecular weight excluding hydrogens is 514 g/mol. The van der Waals surface area contributed by atoms with Gasteiger partial charge < -0.3 is 25.3 Å². The fraction of sp³-hybridized carbons (Fsp3) is 0.548. The molecule has 0 radical (unpaired) electrons. The molecule has 0 aromatic heterocycles. The highest BCUT2D eigenvalue weighted by Gasteiger charge is 2.68. The molecule has 4 rings (SSSR count). The minimum Gasteiger partial charge on any atom is -0.508 e. The molecule has 4 N–H and O–H groups in total. The zero-order chi connectivity index (χ0) is 30.1. The van der Waals surface area contributed by atoms with E-state index in [1.54, 1.807) is 32.8 Å². The maximum Gasteiger partial charge on any atom is 0.203 e. The number of benzene rings is 1. The van der Waals surface area contributed by atoms with Gasteiger partial charge in [-0.05, 0) is 62.9 Å². The molecule has 0 aliphatic heterocycles. The number of aryl methyl sites for hydroxylation is 1. The van der Waals surface area contributed by atoms with Crippen molar-refractivity contribution in [2.45, 2.75) is 78.2 Å². The van der Waals surface area contributed by atoms with Crippen molar-refractivity contribution in [2.75, 3.05) is 20.6 Å². The van der Waals surface area contributed by atoms with E-state index in [2.05, 4.69) is 0 Å². The van der Waals surface area contributed by atoms with Crippen LogP contribution in [-0.2, 0) is 32.0 Å². The van der Waals surface area contributed by atoms with Gasteiger partial charge in [0.1, 0.15) is 28.6 Å². The van der Waals surface area contributed by atoms with E-state index in [-0.39, 0.29) is 67.2 Å². The number of likely N-dealkylation sites (N-methyl/N-ethyl adjacent to an activating group) is 1. The molecular formula is C31H39NO8. The summed E-state index contributed by atoms with van der Waals surface area (Å²) < 4.78 is 0. The van der Waals surface area contributed by atoms with Crippen LogP contribution in [0.4, 0.5) is 0 Å². The maximum absolute atomic E-state index is 14.1. The Labute approximate surface area is 234 Å². The quantitative estimate of drug-likeness (QED) is 0.372. The highest BCUT2D eigenvalue weighted by molar-refractivity contribution is 6.23. The molecule has 9 heteroatoms. The number of hydrogen-bond donors (Lipinski definition) is 4. The van der Waals surface area contributed by atoms with E-state index in [1.165, 1.54) is 0 Å². The van der Waals surface area contributed by atoms with Crippen LogP contribution in [0.15, 0.2) is 23.0 Å². The molecule has 0 heterocycles. The van der Waals surface area contributed by atoms with Crippen molar-refractivity contribution in [3.05, 3.63) is 45.2 Å². The maximum atomic E-state index is 14.1. The normalized spacial score (nSPS) is 28.1. The summed E-state index contributed by atoms with van der Waals surface area (Å²) in [6.45, 7) is 8.60. The monoisotopic (exact) mass is 553 g/mol. The van der Waals surface area contributed by atoms with E-state index in [0.717, 1.165) is 12.5 Å². The van der Waals surface area contributed by atoms with Gasteiger partial charge >= 0.3 is 0 Å². The van der Waals surface area contributed by atoms with Gasteiger partial charge in [0.25, 0.3) is 0 Å². The number of carbonyl (C=O) groups excluding carboxylic acids is 4. The molecule has 0 bridgehead atoms. The van der Waals surface area contributed by atoms with Crippen molar-refractivity contribution in [3.8, 4) is 5.75 Å². The number of aliphatic hydroxyl groups excluding tert-OH is 2. The van der Waals surface area contributed by atoms with Gasteiger partial charge in [0, 0.05) is 29.2 Å². The van der Waals surface area contributed by atoms with Crippen LogP contribution in [0.5, 0.6) is 5.75 Å². The highest BCUT2D eigenvalue weighted by atomic mass is 16.3. The molecule has 9 nitrogen and oxygen atoms in total. The average Bonchev–Trinajstić information content (AvgIpc) is 2.79. The van der Waals surface area contributed by atoms with Gasteiger partial charge in [-0.15, -0.1) is 0 Å². The number of carbonyl (C=O) groups is 4. The first-order valence-corrected chi connectivity index (χ1v) is 13.6. The minimum absolute atomic E-state index is 0.0114. The summed E-state index contributed by atoms with van der Waals surface area (Å²) in [6, 6.07) is 1.85. The van der Waals surface area contributed by atoms with Crippen molar-refractivity contribution in [2.24, 2.45) is 10.8 Å². The van der Waals surface area contributed by atoms with Crippen molar-refractivity contribution in [1.29, 1.82) is 0 Å². The Morgan fingerprint density at radius 2 is 1.70 bits per heavy atom. The number of phenols is 1. The molecule has 216 valence electrons. The number of Topliss-reactive ketones (excluding diaryl/α,β-unsaturated/α-hetero) is 4. The van der Waals surface area contributed by atoms with Crippen molar-refractivity contribution in [1.82, 2.24) is 4.90 Å². The van der Waals surface area contributed by atoms with Crippen LogP contribution < -0.4 is 0 Å². The standard InChI is InChI=1S/C31H39NO8/c1-15(2)19-10-17(8-9-18(34)13-32(6)7)25(36)23-20(19)11-29(4)14-30(5)12-21(35)22(16(3)33)27(38)31(30,40)28(39)24(29)26(23)37/h10,15,36-38,40H,8-9,11-14H2,1-7H3/t29-,30+,31+/m0/s1. The summed E-state index contributed by atoms with van der Waals surface area (Å²) in [5.41, 5.74) is -3.79. The first-order chi connectivity index (χ1) is 18.4. The molecule has 1 saturated carbocycles. The zero-order valence-electron chi connectivity index (χ0n) is 24.3. The number of rotatable bonds is 7. The van der Waals surface area contributed by atoms with Crippen LogP contribution in [0.25, 0.3) is 5.76 Å². The second kappa shape index (κ2) is 9.66. The van der Waals surface area contributed by atoms with E-state index >= 15 is 0 Å². The zero-order valence-corrected chi connectivity index (χ0v) is 24.3. The predicted molar refractivity (Wildman–Crippen MR) is 148 cm³/mol. The van der Waals surface area contributed by atoms with Gasteiger partial charge in [0.15, 0.2) is 17.2 Å². The summed E-state index contributed by atoms with van der Waals surface area (Å²) in [7, 11) is 3.59. The van der Waals surface area contributed by atoms with Crippen LogP contribution in [0.1, 0.15) is 82.1 Å². The average molecular weight is 554 g/mol. The Morgan fingerprint density at radius 3 is 2.25 bits per heavy atom. The molecule has 0 amide bonds. The second-order valence-electron chi connectivity index (χ2n) is 12.9. The fourth-order valence-electron chi connectivity index (χ4n) is 7.22. The molecule has 0 spiro atoms. The molecule has 1 fully saturated rings. The summed E-state index contributed by atoms with van der Waals surface area (Å²) in [5.74, 6) is -4.15. The van der Waals surface area contributed by atoms with E-state index in [9.17, 15) is 39.6 Å². The molecule has 40 heavy (non-hydrogen) atoms. The summed E-state index contributed by atoms with van der Waals surface area (Å²) >= 11 is 0. The van der Waals surface area contributed by atoms with Gasteiger partial charge in [0.05, 0.1) is 12.1 Å². The van der Waals surface area contributed by atoms with Gasteiger partial charge in [-0.1, -0.05) is 33.8 Å². The van der Waals surface area contributed by atoms with Gasteiger partial charge in [0.2, 0.25) is 5.78 Å². The number of ketones is 4. The van der Waals surface area contributed by atoms with Gasteiger partial charge in [-0.2, -0.15) is 0 Å². The van der Waals surface area contributed by atoms with E-state index in [1.807, 2.05) is 19.9 Å². The van der Waals surface area contributed by atoms with Crippen LogP contribution in [0.3, 0.4) is 0 Å². The van der Waals surface area contributed by atoms with Gasteiger partial charge in [-0.3, -0.25) is 19.2 Å². The summed E-state index contributed by atoms with van der Waals surface area (Å²) in [6.07, 6.45) is 0.371. The third-order valence-electron chi connectivity index (χ3n) is 8.92. The lowest BCUT2D eigenvalue weighted by molar-refractivity contribution is -0.165. The number of aliphatic hydroxyl groups is 3. The molecule has 3 aliphatic rings. The number of phenolic OH excluding ortho intramolecular Hbond substituents is 1. The van der Waals surface area contributed by atoms with E-state index in [4.69, 9.17) is 0 Å². The number of hydrogen-bond acceptors (Lipinski definition) is 9.